The molecule has 162 valence electrons. The summed E-state index contributed by atoms with van der Waals surface area (Å²) in [5.74, 6) is -0.997. The molecule has 1 amide bonds. The molecule has 1 unspecified atom stereocenters. The maximum absolute atomic E-state index is 11.5. The first-order valence-electron chi connectivity index (χ1n) is 8.53. The zero-order chi connectivity index (χ0) is 22.7. The fourth-order valence-corrected chi connectivity index (χ4v) is 3.45. The van der Waals surface area contributed by atoms with E-state index in [1.807, 2.05) is 0 Å². The third-order valence-corrected chi connectivity index (χ3v) is 6.07. The number of ether oxygens (including phenoxy) is 1. The first-order chi connectivity index (χ1) is 14.1. The van der Waals surface area contributed by atoms with Gasteiger partial charge in [-0.1, -0.05) is 12.1 Å². The summed E-state index contributed by atoms with van der Waals surface area (Å²) in [5, 5.41) is 20.1. The van der Waals surface area contributed by atoms with Crippen molar-refractivity contribution in [2.45, 2.75) is 19.8 Å². The summed E-state index contributed by atoms with van der Waals surface area (Å²) in [6.07, 6.45) is 0.0773. The molecular weight excluding hydrogens is 461 g/mol. The van der Waals surface area contributed by atoms with E-state index in [-0.39, 0.29) is 40.2 Å². The van der Waals surface area contributed by atoms with Crippen LogP contribution in [0.5, 0.6) is 5.75 Å². The molecule has 2 aromatic rings. The van der Waals surface area contributed by atoms with Crippen LogP contribution in [0.3, 0.4) is 0 Å². The molecule has 0 aliphatic carbocycles. The quantitative estimate of drug-likeness (QED) is 0.149. The van der Waals surface area contributed by atoms with Gasteiger partial charge in [-0.05, 0) is 12.1 Å². The molecular formula is C19H22AsNO9. The Bertz CT molecular complexity index is 928. The van der Waals surface area contributed by atoms with Crippen LogP contribution in [0, 0.1) is 0 Å². The van der Waals surface area contributed by atoms with Gasteiger partial charge in [0.15, 0.2) is 5.78 Å². The number of rotatable bonds is 7. The Morgan fingerprint density at radius 3 is 2.13 bits per heavy atom. The minimum absolute atomic E-state index is 0.00438. The average Bonchev–Trinajstić information content (AvgIpc) is 2.72. The van der Waals surface area contributed by atoms with E-state index in [0.717, 1.165) is 0 Å². The SMILES string of the molecule is CC(=O)Nc1ccc([As](=O)(O)OO)cc1.COC(=O)CCC(=O)c1ccccc1O. The minimum Gasteiger partial charge on any atom is -0.507 e. The third-order valence-electron chi connectivity index (χ3n) is 3.61. The van der Waals surface area contributed by atoms with Crippen LogP contribution in [-0.2, 0) is 21.9 Å². The van der Waals surface area contributed by atoms with E-state index >= 15 is 0 Å². The standard InChI is InChI=1S/C11H12O4.C8H10AsNO5/c1-15-11(14)7-6-10(13)8-4-2-3-5-9(8)12;1-6(11)10-8-4-2-7(3-5-8)9(12,13)15-14/h2-5,12H,6-7H2,1H3;2-5,14H,1H3,(H,10,11)(H,12,13). The number of esters is 1. The summed E-state index contributed by atoms with van der Waals surface area (Å²) in [6, 6.07) is 11.8. The first kappa shape index (κ1) is 25.1. The Morgan fingerprint density at radius 2 is 1.63 bits per heavy atom. The maximum atomic E-state index is 11.5. The number of methoxy groups -OCH3 is 1. The number of aromatic hydroxyl groups is 1. The largest absolute Gasteiger partial charge is 0.507 e. The van der Waals surface area contributed by atoms with Crippen LogP contribution in [0.1, 0.15) is 30.1 Å². The number of carbonyl (C=O) groups is 3. The van der Waals surface area contributed by atoms with E-state index in [1.165, 1.54) is 50.4 Å². The van der Waals surface area contributed by atoms with E-state index < -0.39 is 20.1 Å². The maximum Gasteiger partial charge on any atom is 0.305 e. The number of hydrogen-bond donors (Lipinski definition) is 4. The Balaban J connectivity index is 0.000000300. The van der Waals surface area contributed by atoms with E-state index in [0.29, 0.717) is 5.69 Å². The van der Waals surface area contributed by atoms with E-state index in [1.54, 1.807) is 12.1 Å². The second-order valence-electron chi connectivity index (χ2n) is 5.85. The number of ketones is 1. The van der Waals surface area contributed by atoms with E-state index in [2.05, 4.69) is 13.9 Å². The number of phenols is 1. The van der Waals surface area contributed by atoms with Crippen LogP contribution in [0.2, 0.25) is 0 Å². The Kier molecular flexibility index (Phi) is 10.00. The summed E-state index contributed by atoms with van der Waals surface area (Å²) >= 11 is -4.76. The number of Topliss-reactive ketones (excluding diaryl/α,β-unsaturated/α-hetero) is 1. The Morgan fingerprint density at radius 1 is 1.03 bits per heavy atom. The number of benzene rings is 2. The van der Waals surface area contributed by atoms with E-state index in [9.17, 15) is 23.2 Å². The molecule has 11 heteroatoms. The van der Waals surface area contributed by atoms with Crippen LogP contribution in [0.25, 0.3) is 0 Å². The number of para-hydroxylation sites is 1. The van der Waals surface area contributed by atoms with Gasteiger partial charge in [0.2, 0.25) is 0 Å². The molecule has 0 aliphatic heterocycles. The Hall–Kier alpha value is -2.91. The van der Waals surface area contributed by atoms with E-state index in [4.69, 9.17) is 9.35 Å². The van der Waals surface area contributed by atoms with Gasteiger partial charge in [0, 0.05) is 6.42 Å². The normalized spacial score (nSPS) is 12.0. The second-order valence-corrected chi connectivity index (χ2v) is 9.46. The average molecular weight is 483 g/mol. The molecule has 1 atom stereocenters. The molecule has 4 N–H and O–H groups in total. The molecule has 0 saturated heterocycles. The molecule has 0 saturated carbocycles. The molecule has 30 heavy (non-hydrogen) atoms. The number of anilines is 1. The van der Waals surface area contributed by atoms with Crippen LogP contribution in [0.15, 0.2) is 48.5 Å². The zero-order valence-corrected chi connectivity index (χ0v) is 18.1. The van der Waals surface area contributed by atoms with Crippen molar-refractivity contribution < 1.29 is 41.2 Å². The van der Waals surface area contributed by atoms with Gasteiger partial charge in [-0.2, -0.15) is 0 Å². The molecule has 2 aromatic carbocycles. The monoisotopic (exact) mass is 483 g/mol. The van der Waals surface area contributed by atoms with Crippen LogP contribution < -0.4 is 9.67 Å². The van der Waals surface area contributed by atoms with Crippen molar-refractivity contribution in [2.75, 3.05) is 12.4 Å². The van der Waals surface area contributed by atoms with Gasteiger partial charge in [0.25, 0.3) is 0 Å². The van der Waals surface area contributed by atoms with Crippen LogP contribution in [0.4, 0.5) is 5.69 Å². The summed E-state index contributed by atoms with van der Waals surface area (Å²) < 4.78 is 28.2. The molecule has 10 nitrogen and oxygen atoms in total. The van der Waals surface area contributed by atoms with Gasteiger partial charge in [-0.15, -0.1) is 0 Å². The van der Waals surface area contributed by atoms with Gasteiger partial charge >= 0.3 is 94.4 Å². The molecule has 0 aliphatic rings. The van der Waals surface area contributed by atoms with Crippen molar-refractivity contribution in [3.05, 3.63) is 54.1 Å². The van der Waals surface area contributed by atoms with Crippen molar-refractivity contribution in [2.24, 2.45) is 0 Å². The van der Waals surface area contributed by atoms with Crippen LogP contribution >= 0.6 is 0 Å². The molecule has 0 fully saturated rings. The van der Waals surface area contributed by atoms with Crippen molar-refractivity contribution in [1.29, 1.82) is 0 Å². The van der Waals surface area contributed by atoms with Gasteiger partial charge < -0.3 is 9.84 Å². The smallest absolute Gasteiger partial charge is 0.305 e. The molecule has 0 heterocycles. The van der Waals surface area contributed by atoms with Crippen LogP contribution in [-0.4, -0.2) is 53.4 Å². The number of carbonyl (C=O) groups excluding carboxylic acids is 3. The zero-order valence-electron chi connectivity index (χ0n) is 16.3. The number of nitrogens with one attached hydrogen (secondary N) is 1. The minimum atomic E-state index is -4.76. The molecule has 0 aromatic heterocycles. The molecule has 2 rings (SSSR count). The van der Waals surface area contributed by atoms with Crippen molar-refractivity contribution in [3.63, 3.8) is 0 Å². The summed E-state index contributed by atoms with van der Waals surface area (Å²) in [4.78, 5) is 33.0. The third kappa shape index (κ3) is 8.22. The second kappa shape index (κ2) is 11.9. The molecule has 0 spiro atoms. The summed E-state index contributed by atoms with van der Waals surface area (Å²) in [5.41, 5.74) is 0.737. The van der Waals surface area contributed by atoms with Crippen molar-refractivity contribution in [1.82, 2.24) is 0 Å². The summed E-state index contributed by atoms with van der Waals surface area (Å²) in [7, 11) is 1.27. The van der Waals surface area contributed by atoms with Gasteiger partial charge in [0.05, 0.1) is 19.1 Å². The molecule has 0 bridgehead atoms. The fraction of sp³-hybridized carbons (Fsp3) is 0.211. The first-order valence-corrected chi connectivity index (χ1v) is 11.8. The number of phenolic OH excluding ortho intramolecular Hbond substituents is 1. The van der Waals surface area contributed by atoms with Crippen molar-refractivity contribution in [3.8, 4) is 5.75 Å². The predicted octanol–water partition coefficient (Wildman–Crippen LogP) is 1.23. The van der Waals surface area contributed by atoms with Gasteiger partial charge in [0.1, 0.15) is 5.75 Å². The molecule has 0 radical (unpaired) electrons. The van der Waals surface area contributed by atoms with Crippen molar-refractivity contribution >= 4 is 41.9 Å². The summed E-state index contributed by atoms with van der Waals surface area (Å²) in [6.45, 7) is 1.35. The Labute approximate surface area is 175 Å². The van der Waals surface area contributed by atoms with Gasteiger partial charge in [-0.25, -0.2) is 0 Å². The van der Waals surface area contributed by atoms with Gasteiger partial charge in [-0.3, -0.25) is 9.59 Å². The number of hydrogen-bond acceptors (Lipinski definition) is 8. The fourth-order valence-electron chi connectivity index (χ4n) is 2.15. The topological polar surface area (TPSA) is 159 Å². The predicted molar refractivity (Wildman–Crippen MR) is 106 cm³/mol. The number of amides is 1.